The van der Waals surface area contributed by atoms with Crippen molar-refractivity contribution in [1.82, 2.24) is 9.62 Å². The van der Waals surface area contributed by atoms with Gasteiger partial charge in [-0.3, -0.25) is 19.8 Å². The molecule has 10 nitrogen and oxygen atoms in total. The third kappa shape index (κ3) is 8.46. The summed E-state index contributed by atoms with van der Waals surface area (Å²) in [5, 5.41) is 14.9. The third-order valence-electron chi connectivity index (χ3n) is 10.0. The van der Waals surface area contributed by atoms with Crippen molar-refractivity contribution in [3.63, 3.8) is 0 Å². The number of nitrogens with zero attached hydrogens (tertiary/aromatic N) is 3. The molecule has 0 aromatic heterocycles. The maximum Gasteiger partial charge on any atom is 0.293 e. The van der Waals surface area contributed by atoms with E-state index in [0.717, 1.165) is 61.2 Å². The first-order valence-electron chi connectivity index (χ1n) is 18.1. The van der Waals surface area contributed by atoms with Crippen molar-refractivity contribution in [2.45, 2.75) is 49.1 Å². The molecule has 1 fully saturated rings. The summed E-state index contributed by atoms with van der Waals surface area (Å²) in [5.41, 5.74) is 8.46. The molecule has 0 bridgehead atoms. The van der Waals surface area contributed by atoms with Gasteiger partial charge in [0.25, 0.3) is 21.6 Å². The Kier molecular flexibility index (Phi) is 11.0. The monoisotopic (exact) mass is 761 g/mol. The van der Waals surface area contributed by atoms with Crippen LogP contribution in [0.5, 0.6) is 0 Å². The van der Waals surface area contributed by atoms with E-state index >= 15 is 0 Å². The van der Waals surface area contributed by atoms with E-state index in [9.17, 15) is 23.3 Å². The van der Waals surface area contributed by atoms with Crippen LogP contribution < -0.4 is 14.9 Å². The average molecular weight is 762 g/mol. The first-order chi connectivity index (χ1) is 26.0. The quantitative estimate of drug-likeness (QED) is 0.0567. The highest BCUT2D eigenvalue weighted by molar-refractivity contribution is 7.99. The number of hydrogen-bond donors (Lipinski definition) is 2. The van der Waals surface area contributed by atoms with Gasteiger partial charge < -0.3 is 10.2 Å². The summed E-state index contributed by atoms with van der Waals surface area (Å²) in [6.07, 6.45) is 1.68. The average Bonchev–Trinajstić information content (AvgIpc) is 3.16. The number of thioether (sulfide) groups is 1. The molecule has 5 aromatic carbocycles. The van der Waals surface area contributed by atoms with Crippen molar-refractivity contribution in [3.05, 3.63) is 147 Å². The van der Waals surface area contributed by atoms with Crippen LogP contribution in [0.25, 0.3) is 11.1 Å². The standard InChI is InChI=1S/C42H43N5O5S2/c1-29-22-30(2)24-34(23-29)38-11-7-6-8-33(38)27-45-19-20-46-35(28-45)14-12-31-25-32(13-17-40(31)46)42(48)44-54(51,52)37-15-16-39(41(26-37)47(49)50)43-18-21-53-36-9-4-3-5-10-36/h3-11,13,15-17,22-26,35,43H,12,14,18-21,27-28H2,1-2H3,(H,44,48)/t35-/m0/s1. The Labute approximate surface area is 320 Å². The van der Waals surface area contributed by atoms with Gasteiger partial charge in [0.15, 0.2) is 0 Å². The minimum atomic E-state index is -4.39. The number of rotatable bonds is 12. The second-order valence-corrected chi connectivity index (χ2v) is 16.8. The van der Waals surface area contributed by atoms with Gasteiger partial charge in [-0.15, -0.1) is 11.8 Å². The molecule has 1 amide bonds. The Balaban J connectivity index is 0.982. The Bertz CT molecular complexity index is 2280. The number of piperazine rings is 1. The highest BCUT2D eigenvalue weighted by Gasteiger charge is 2.33. The molecule has 278 valence electrons. The van der Waals surface area contributed by atoms with Gasteiger partial charge in [0.1, 0.15) is 5.69 Å². The number of aryl methyl sites for hydroxylation is 3. The van der Waals surface area contributed by atoms with Crippen LogP contribution in [-0.2, 0) is 23.0 Å². The van der Waals surface area contributed by atoms with E-state index in [4.69, 9.17) is 0 Å². The van der Waals surface area contributed by atoms with Crippen LogP contribution in [0.4, 0.5) is 17.1 Å². The Morgan fingerprint density at radius 2 is 1.67 bits per heavy atom. The summed E-state index contributed by atoms with van der Waals surface area (Å²) in [6, 6.07) is 34.4. The molecule has 5 aromatic rings. The predicted molar refractivity (Wildman–Crippen MR) is 216 cm³/mol. The topological polar surface area (TPSA) is 125 Å². The number of nitro benzene ring substituents is 1. The summed E-state index contributed by atoms with van der Waals surface area (Å²) in [6.45, 7) is 8.24. The highest BCUT2D eigenvalue weighted by Crippen LogP contribution is 2.35. The number of fused-ring (bicyclic) bond motifs is 3. The number of nitrogens with one attached hydrogen (secondary N) is 2. The SMILES string of the molecule is Cc1cc(C)cc(-c2ccccc2CN2CCN3c4ccc(C(=O)NS(=O)(=O)c5ccc(NCCSc6ccccc6)c([N+](=O)[O-])c5)cc4CC[C@H]3C2)c1. The fraction of sp³-hybridized carbons (Fsp3) is 0.262. The fourth-order valence-corrected chi connectivity index (χ4v) is 9.34. The molecule has 2 heterocycles. The Morgan fingerprint density at radius 3 is 2.44 bits per heavy atom. The number of carbonyl (C=O) groups is 1. The van der Waals surface area contributed by atoms with Crippen molar-refractivity contribution in [3.8, 4) is 11.1 Å². The van der Waals surface area contributed by atoms with Crippen molar-refractivity contribution in [2.75, 3.05) is 42.1 Å². The zero-order chi connectivity index (χ0) is 37.8. The smallest absolute Gasteiger partial charge is 0.293 e. The Morgan fingerprint density at radius 1 is 0.907 bits per heavy atom. The molecular weight excluding hydrogens is 719 g/mol. The second-order valence-electron chi connectivity index (χ2n) is 14.0. The largest absolute Gasteiger partial charge is 0.379 e. The molecule has 1 saturated heterocycles. The van der Waals surface area contributed by atoms with Crippen molar-refractivity contribution >= 4 is 44.8 Å². The molecule has 0 spiro atoms. The number of benzene rings is 5. The van der Waals surface area contributed by atoms with Crippen LogP contribution >= 0.6 is 11.8 Å². The summed E-state index contributed by atoms with van der Waals surface area (Å²) in [5.74, 6) is -0.131. The van der Waals surface area contributed by atoms with Gasteiger partial charge in [-0.25, -0.2) is 13.1 Å². The molecule has 1 atom stereocenters. The number of anilines is 2. The number of amides is 1. The predicted octanol–water partition coefficient (Wildman–Crippen LogP) is 7.84. The lowest BCUT2D eigenvalue weighted by Gasteiger charge is -2.46. The molecule has 0 unspecified atom stereocenters. The van der Waals surface area contributed by atoms with Crippen LogP contribution in [0.1, 0.15) is 39.0 Å². The number of sulfonamides is 1. The maximum absolute atomic E-state index is 13.3. The van der Waals surface area contributed by atoms with E-state index in [1.807, 2.05) is 36.4 Å². The number of nitro groups is 1. The van der Waals surface area contributed by atoms with Crippen molar-refractivity contribution in [2.24, 2.45) is 0 Å². The summed E-state index contributed by atoms with van der Waals surface area (Å²) in [4.78, 5) is 30.2. The second kappa shape index (κ2) is 16.1. The van der Waals surface area contributed by atoms with Crippen LogP contribution in [0, 0.1) is 24.0 Å². The maximum atomic E-state index is 13.3. The molecule has 0 aliphatic carbocycles. The zero-order valence-electron chi connectivity index (χ0n) is 30.3. The lowest BCUT2D eigenvalue weighted by atomic mass is 9.92. The van der Waals surface area contributed by atoms with Crippen LogP contribution in [0.2, 0.25) is 0 Å². The van der Waals surface area contributed by atoms with Crippen molar-refractivity contribution < 1.29 is 18.1 Å². The van der Waals surface area contributed by atoms with Crippen LogP contribution in [-0.4, -0.2) is 62.1 Å². The molecule has 54 heavy (non-hydrogen) atoms. The minimum absolute atomic E-state index is 0.204. The molecule has 0 saturated carbocycles. The van der Waals surface area contributed by atoms with Gasteiger partial charge in [0, 0.05) is 66.7 Å². The highest BCUT2D eigenvalue weighted by atomic mass is 32.2. The first kappa shape index (κ1) is 37.2. The van der Waals surface area contributed by atoms with E-state index in [-0.39, 0.29) is 21.8 Å². The minimum Gasteiger partial charge on any atom is -0.379 e. The first-order valence-corrected chi connectivity index (χ1v) is 20.6. The van der Waals surface area contributed by atoms with E-state index in [1.54, 1.807) is 23.9 Å². The van der Waals surface area contributed by atoms with Crippen LogP contribution in [0.3, 0.4) is 0 Å². The Hall–Kier alpha value is -5.17. The molecule has 2 aliphatic heterocycles. The summed E-state index contributed by atoms with van der Waals surface area (Å²) >= 11 is 1.60. The van der Waals surface area contributed by atoms with Gasteiger partial charge in [-0.1, -0.05) is 71.8 Å². The third-order valence-corrected chi connectivity index (χ3v) is 12.4. The van der Waals surface area contributed by atoms with Crippen molar-refractivity contribution in [1.29, 1.82) is 0 Å². The fourth-order valence-electron chi connectivity index (χ4n) is 7.56. The molecule has 7 rings (SSSR count). The van der Waals surface area contributed by atoms with E-state index in [1.165, 1.54) is 39.9 Å². The molecule has 0 radical (unpaired) electrons. The van der Waals surface area contributed by atoms with Gasteiger partial charge in [0.05, 0.1) is 9.82 Å². The molecule has 2 aliphatic rings. The lowest BCUT2D eigenvalue weighted by Crippen LogP contribution is -2.54. The normalized spacial score (nSPS) is 15.6. The number of carbonyl (C=O) groups excluding carboxylic acids is 1. The van der Waals surface area contributed by atoms with E-state index < -0.39 is 20.9 Å². The van der Waals surface area contributed by atoms with Gasteiger partial charge >= 0.3 is 0 Å². The van der Waals surface area contributed by atoms with Gasteiger partial charge in [-0.2, -0.15) is 0 Å². The summed E-state index contributed by atoms with van der Waals surface area (Å²) in [7, 11) is -4.39. The van der Waals surface area contributed by atoms with Crippen LogP contribution in [0.15, 0.2) is 119 Å². The van der Waals surface area contributed by atoms with Gasteiger partial charge in [-0.05, 0) is 91.4 Å². The molecular formula is C42H43N5O5S2. The number of hydrogen-bond acceptors (Lipinski definition) is 9. The molecule has 12 heteroatoms. The lowest BCUT2D eigenvalue weighted by molar-refractivity contribution is -0.384. The summed E-state index contributed by atoms with van der Waals surface area (Å²) < 4.78 is 28.7. The molecule has 2 N–H and O–H groups in total. The van der Waals surface area contributed by atoms with E-state index in [0.29, 0.717) is 18.3 Å². The van der Waals surface area contributed by atoms with E-state index in [2.05, 4.69) is 76.2 Å². The zero-order valence-corrected chi connectivity index (χ0v) is 32.0. The van der Waals surface area contributed by atoms with Gasteiger partial charge in [0.2, 0.25) is 0 Å².